The van der Waals surface area contributed by atoms with Crippen LogP contribution in [-0.2, 0) is 14.3 Å². The highest BCUT2D eigenvalue weighted by Gasteiger charge is 2.47. The van der Waals surface area contributed by atoms with Crippen LogP contribution >= 0.6 is 0 Å². The number of Topliss-reactive ketones (excluding diaryl/α,β-unsaturated/α-hetero) is 1. The van der Waals surface area contributed by atoms with Gasteiger partial charge in [-0.1, -0.05) is 20.8 Å². The molecule has 0 saturated heterocycles. The monoisotopic (exact) mass is 200 g/mol. The molecule has 0 aliphatic heterocycles. The molecule has 0 atom stereocenters. The molecule has 14 heavy (non-hydrogen) atoms. The minimum Gasteiger partial charge on any atom is -0.469 e. The van der Waals surface area contributed by atoms with Gasteiger partial charge in [-0.15, -0.1) is 0 Å². The predicted molar refractivity (Wildman–Crippen MR) is 54.9 cm³/mol. The second kappa shape index (κ2) is 4.11. The fourth-order valence-electron chi connectivity index (χ4n) is 1.30. The van der Waals surface area contributed by atoms with E-state index in [1.807, 2.05) is 0 Å². The summed E-state index contributed by atoms with van der Waals surface area (Å²) in [5.41, 5.74) is -1.47. The number of rotatable bonds is 4. The molecule has 3 nitrogen and oxygen atoms in total. The minimum absolute atomic E-state index is 0.0768. The number of carbonyl (C=O) groups excluding carboxylic acids is 2. The van der Waals surface area contributed by atoms with Crippen molar-refractivity contribution in [2.75, 3.05) is 7.11 Å². The van der Waals surface area contributed by atoms with Gasteiger partial charge in [-0.3, -0.25) is 9.59 Å². The third-order valence-corrected chi connectivity index (χ3v) is 3.28. The number of ketones is 1. The van der Waals surface area contributed by atoms with Gasteiger partial charge in [0.2, 0.25) is 0 Å². The van der Waals surface area contributed by atoms with E-state index in [2.05, 4.69) is 0 Å². The van der Waals surface area contributed by atoms with Gasteiger partial charge < -0.3 is 4.74 Å². The van der Waals surface area contributed by atoms with Crippen LogP contribution in [0.4, 0.5) is 0 Å². The molecule has 3 heteroatoms. The van der Waals surface area contributed by atoms with Crippen molar-refractivity contribution in [3.8, 4) is 0 Å². The van der Waals surface area contributed by atoms with E-state index in [4.69, 9.17) is 4.74 Å². The molecule has 0 bridgehead atoms. The first kappa shape index (κ1) is 13.1. The van der Waals surface area contributed by atoms with Crippen LogP contribution < -0.4 is 0 Å². The van der Waals surface area contributed by atoms with Gasteiger partial charge in [0.1, 0.15) is 5.78 Å². The van der Waals surface area contributed by atoms with Crippen molar-refractivity contribution in [2.24, 2.45) is 10.8 Å². The Kier molecular flexibility index (Phi) is 3.86. The van der Waals surface area contributed by atoms with Crippen molar-refractivity contribution in [1.29, 1.82) is 0 Å². The zero-order valence-corrected chi connectivity index (χ0v) is 9.93. The molecule has 0 aromatic rings. The number of methoxy groups -OCH3 is 1. The second-order valence-electron chi connectivity index (χ2n) is 4.52. The highest BCUT2D eigenvalue weighted by Crippen LogP contribution is 2.40. The van der Waals surface area contributed by atoms with Gasteiger partial charge in [-0.05, 0) is 13.8 Å². The van der Waals surface area contributed by atoms with Crippen LogP contribution in [-0.4, -0.2) is 18.9 Å². The molecule has 0 aromatic heterocycles. The average Bonchev–Trinajstić information content (AvgIpc) is 2.14. The largest absolute Gasteiger partial charge is 0.469 e. The molecular weight excluding hydrogens is 180 g/mol. The maximum atomic E-state index is 11.7. The Morgan fingerprint density at radius 3 is 1.79 bits per heavy atom. The minimum atomic E-state index is -0.783. The SMILES string of the molecule is CCC(=O)C(C)(C)C(C)(C)C(=O)OC. The highest BCUT2D eigenvalue weighted by atomic mass is 16.5. The molecule has 0 radical (unpaired) electrons. The van der Waals surface area contributed by atoms with Gasteiger partial charge in [-0.25, -0.2) is 0 Å². The number of hydrogen-bond acceptors (Lipinski definition) is 3. The molecule has 0 aliphatic rings. The van der Waals surface area contributed by atoms with Crippen LogP contribution in [0.1, 0.15) is 41.0 Å². The molecule has 0 unspecified atom stereocenters. The van der Waals surface area contributed by atoms with E-state index in [1.165, 1.54) is 7.11 Å². The summed E-state index contributed by atoms with van der Waals surface area (Å²) >= 11 is 0. The number of ether oxygens (including phenoxy) is 1. The van der Waals surface area contributed by atoms with E-state index in [-0.39, 0.29) is 11.8 Å². The summed E-state index contributed by atoms with van der Waals surface area (Å²) in [5, 5.41) is 0. The molecule has 0 N–H and O–H groups in total. The standard InChI is InChI=1S/C11H20O3/c1-7-8(12)10(2,3)11(4,5)9(13)14-6/h7H2,1-6H3. The van der Waals surface area contributed by atoms with Gasteiger partial charge in [0.15, 0.2) is 0 Å². The van der Waals surface area contributed by atoms with Crippen LogP contribution in [0.2, 0.25) is 0 Å². The lowest BCUT2D eigenvalue weighted by Gasteiger charge is -2.37. The normalized spacial score (nSPS) is 12.4. The fraction of sp³-hybridized carbons (Fsp3) is 0.818. The van der Waals surface area contributed by atoms with Crippen LogP contribution in [0.5, 0.6) is 0 Å². The third-order valence-electron chi connectivity index (χ3n) is 3.28. The first-order valence-corrected chi connectivity index (χ1v) is 4.83. The lowest BCUT2D eigenvalue weighted by molar-refractivity contribution is -0.162. The molecule has 0 heterocycles. The second-order valence-corrected chi connectivity index (χ2v) is 4.52. The molecule has 82 valence electrons. The van der Waals surface area contributed by atoms with Gasteiger partial charge in [0.05, 0.1) is 12.5 Å². The Labute approximate surface area is 85.8 Å². The molecule has 0 aliphatic carbocycles. The summed E-state index contributed by atoms with van der Waals surface area (Å²) in [5.74, 6) is -0.266. The molecule has 0 amide bonds. The number of esters is 1. The molecule has 0 fully saturated rings. The third kappa shape index (κ3) is 1.97. The Morgan fingerprint density at radius 2 is 1.50 bits per heavy atom. The van der Waals surface area contributed by atoms with Gasteiger partial charge in [-0.2, -0.15) is 0 Å². The predicted octanol–water partition coefficient (Wildman–Crippen LogP) is 2.19. The molecular formula is C11H20O3. The first-order valence-electron chi connectivity index (χ1n) is 4.83. The molecule has 0 spiro atoms. The average molecular weight is 200 g/mol. The van der Waals surface area contributed by atoms with Crippen molar-refractivity contribution < 1.29 is 14.3 Å². The lowest BCUT2D eigenvalue weighted by atomic mass is 9.65. The van der Waals surface area contributed by atoms with Crippen molar-refractivity contribution in [2.45, 2.75) is 41.0 Å². The first-order chi connectivity index (χ1) is 6.21. The summed E-state index contributed by atoms with van der Waals surface area (Å²) in [7, 11) is 1.34. The Hall–Kier alpha value is -0.860. The number of carbonyl (C=O) groups is 2. The quantitative estimate of drug-likeness (QED) is 0.653. The van der Waals surface area contributed by atoms with E-state index >= 15 is 0 Å². The zero-order valence-electron chi connectivity index (χ0n) is 9.93. The van der Waals surface area contributed by atoms with Crippen molar-refractivity contribution in [3.63, 3.8) is 0 Å². The molecule has 0 rings (SSSR count). The Bertz CT molecular complexity index is 213. The Morgan fingerprint density at radius 1 is 1.07 bits per heavy atom. The summed E-state index contributed by atoms with van der Waals surface area (Å²) in [6.07, 6.45) is 0.438. The number of hydrogen-bond donors (Lipinski definition) is 0. The van der Waals surface area contributed by atoms with Crippen LogP contribution in [0.25, 0.3) is 0 Å². The molecule has 0 aromatic carbocycles. The summed E-state index contributed by atoms with van der Waals surface area (Å²) in [4.78, 5) is 23.2. The van der Waals surface area contributed by atoms with E-state index in [0.717, 1.165) is 0 Å². The van der Waals surface area contributed by atoms with Crippen LogP contribution in [0.15, 0.2) is 0 Å². The van der Waals surface area contributed by atoms with Gasteiger partial charge in [0, 0.05) is 11.8 Å². The lowest BCUT2D eigenvalue weighted by Crippen LogP contribution is -2.45. The highest BCUT2D eigenvalue weighted by molar-refractivity contribution is 5.91. The van der Waals surface area contributed by atoms with E-state index < -0.39 is 10.8 Å². The van der Waals surface area contributed by atoms with Crippen molar-refractivity contribution >= 4 is 11.8 Å². The maximum Gasteiger partial charge on any atom is 0.312 e. The van der Waals surface area contributed by atoms with Gasteiger partial charge >= 0.3 is 5.97 Å². The molecule has 0 saturated carbocycles. The summed E-state index contributed by atoms with van der Waals surface area (Å²) < 4.78 is 4.70. The van der Waals surface area contributed by atoms with Crippen LogP contribution in [0.3, 0.4) is 0 Å². The van der Waals surface area contributed by atoms with Crippen molar-refractivity contribution in [1.82, 2.24) is 0 Å². The summed E-state index contributed by atoms with van der Waals surface area (Å²) in [6, 6.07) is 0. The van der Waals surface area contributed by atoms with Gasteiger partial charge in [0.25, 0.3) is 0 Å². The summed E-state index contributed by atoms with van der Waals surface area (Å²) in [6.45, 7) is 8.86. The maximum absolute atomic E-state index is 11.7. The fourth-order valence-corrected chi connectivity index (χ4v) is 1.30. The zero-order chi connectivity index (χ0) is 11.6. The van der Waals surface area contributed by atoms with Crippen molar-refractivity contribution in [3.05, 3.63) is 0 Å². The van der Waals surface area contributed by atoms with E-state index in [9.17, 15) is 9.59 Å². The Balaban J connectivity index is 5.06. The topological polar surface area (TPSA) is 43.4 Å². The van der Waals surface area contributed by atoms with E-state index in [0.29, 0.717) is 6.42 Å². The van der Waals surface area contributed by atoms with E-state index in [1.54, 1.807) is 34.6 Å². The van der Waals surface area contributed by atoms with Crippen LogP contribution in [0, 0.1) is 10.8 Å². The smallest absolute Gasteiger partial charge is 0.312 e.